The third-order valence-electron chi connectivity index (χ3n) is 4.94. The summed E-state index contributed by atoms with van der Waals surface area (Å²) >= 11 is 0. The largest absolute Gasteiger partial charge is 0.299 e. The van der Waals surface area contributed by atoms with Crippen LogP contribution in [0.1, 0.15) is 38.5 Å². The van der Waals surface area contributed by atoms with Crippen molar-refractivity contribution in [2.24, 2.45) is 29.6 Å². The highest BCUT2D eigenvalue weighted by molar-refractivity contribution is 5.84. The summed E-state index contributed by atoms with van der Waals surface area (Å²) in [4.78, 5) is 12.0. The maximum absolute atomic E-state index is 12.0. The number of carbonyl (C=O) groups is 1. The molecule has 82 valence electrons. The fourth-order valence-corrected chi connectivity index (χ4v) is 4.34. The standard InChI is InChI=1S/C14H20O/c1-2-3-4-5-11(15)14-12-9-6-7-10(8-9)13(12)14/h2,9-10,12-14H,1,3-8H2. The van der Waals surface area contributed by atoms with Crippen molar-refractivity contribution in [2.45, 2.75) is 38.5 Å². The van der Waals surface area contributed by atoms with Gasteiger partial charge in [0.25, 0.3) is 0 Å². The third kappa shape index (κ3) is 1.39. The van der Waals surface area contributed by atoms with Crippen molar-refractivity contribution in [2.75, 3.05) is 0 Å². The third-order valence-corrected chi connectivity index (χ3v) is 4.94. The molecular weight excluding hydrogens is 184 g/mol. The maximum Gasteiger partial charge on any atom is 0.136 e. The van der Waals surface area contributed by atoms with Gasteiger partial charge in [-0.25, -0.2) is 0 Å². The number of ketones is 1. The van der Waals surface area contributed by atoms with Crippen LogP contribution in [0.15, 0.2) is 12.7 Å². The highest BCUT2D eigenvalue weighted by atomic mass is 16.1. The lowest BCUT2D eigenvalue weighted by Gasteiger charge is -2.06. The van der Waals surface area contributed by atoms with E-state index in [1.54, 1.807) is 0 Å². The zero-order chi connectivity index (χ0) is 10.4. The number of carbonyl (C=O) groups excluding carboxylic acids is 1. The first-order valence-corrected chi connectivity index (χ1v) is 6.46. The van der Waals surface area contributed by atoms with Crippen molar-refractivity contribution < 1.29 is 4.79 Å². The average molecular weight is 204 g/mol. The first-order valence-electron chi connectivity index (χ1n) is 6.46. The van der Waals surface area contributed by atoms with E-state index in [0.29, 0.717) is 11.7 Å². The Labute approximate surface area is 91.9 Å². The van der Waals surface area contributed by atoms with Gasteiger partial charge in [0.2, 0.25) is 0 Å². The Kier molecular flexibility index (Phi) is 2.22. The van der Waals surface area contributed by atoms with Crippen molar-refractivity contribution in [3.8, 4) is 0 Å². The maximum atomic E-state index is 12.0. The zero-order valence-electron chi connectivity index (χ0n) is 9.32. The minimum absolute atomic E-state index is 0.501. The van der Waals surface area contributed by atoms with E-state index in [2.05, 4.69) is 6.58 Å². The molecule has 0 aliphatic heterocycles. The molecule has 4 atom stereocenters. The Morgan fingerprint density at radius 3 is 2.53 bits per heavy atom. The molecule has 0 heterocycles. The number of allylic oxidation sites excluding steroid dienone is 1. The molecule has 4 unspecified atom stereocenters. The van der Waals surface area contributed by atoms with Gasteiger partial charge in [-0.1, -0.05) is 6.08 Å². The van der Waals surface area contributed by atoms with Crippen molar-refractivity contribution in [3.63, 3.8) is 0 Å². The van der Waals surface area contributed by atoms with Crippen LogP contribution in [-0.4, -0.2) is 5.78 Å². The fourth-order valence-electron chi connectivity index (χ4n) is 4.34. The molecule has 0 aromatic heterocycles. The molecule has 3 aliphatic rings. The van der Waals surface area contributed by atoms with Gasteiger partial charge >= 0.3 is 0 Å². The molecule has 0 spiro atoms. The molecule has 3 aliphatic carbocycles. The van der Waals surface area contributed by atoms with Crippen LogP contribution in [-0.2, 0) is 4.79 Å². The van der Waals surface area contributed by atoms with Crippen molar-refractivity contribution >= 4 is 5.78 Å². The van der Waals surface area contributed by atoms with Crippen molar-refractivity contribution in [1.82, 2.24) is 0 Å². The number of hydrogen-bond acceptors (Lipinski definition) is 1. The molecule has 1 heteroatoms. The van der Waals surface area contributed by atoms with E-state index in [-0.39, 0.29) is 0 Å². The minimum atomic E-state index is 0.501. The minimum Gasteiger partial charge on any atom is -0.299 e. The van der Waals surface area contributed by atoms with E-state index in [1.807, 2.05) is 6.08 Å². The lowest BCUT2D eigenvalue weighted by Crippen LogP contribution is -2.09. The van der Waals surface area contributed by atoms with Gasteiger partial charge in [-0.05, 0) is 55.8 Å². The van der Waals surface area contributed by atoms with E-state index in [0.717, 1.165) is 42.9 Å². The van der Waals surface area contributed by atoms with Crippen LogP contribution < -0.4 is 0 Å². The molecular formula is C14H20O. The Balaban J connectivity index is 1.54. The topological polar surface area (TPSA) is 17.1 Å². The van der Waals surface area contributed by atoms with Crippen LogP contribution in [0.4, 0.5) is 0 Å². The van der Waals surface area contributed by atoms with Crippen LogP contribution in [0.25, 0.3) is 0 Å². The second kappa shape index (κ2) is 3.47. The SMILES string of the molecule is C=CCCCC(=O)C1C2C3CCC(C3)C12. The second-order valence-electron chi connectivity index (χ2n) is 5.66. The summed E-state index contributed by atoms with van der Waals surface area (Å²) in [6.07, 6.45) is 9.04. The summed E-state index contributed by atoms with van der Waals surface area (Å²) in [7, 11) is 0. The Morgan fingerprint density at radius 2 is 1.93 bits per heavy atom. The summed E-state index contributed by atoms with van der Waals surface area (Å²) in [6, 6.07) is 0. The number of Topliss-reactive ketones (excluding diaryl/α,β-unsaturated/α-hetero) is 1. The molecule has 3 saturated carbocycles. The molecule has 2 bridgehead atoms. The number of unbranched alkanes of at least 4 members (excludes halogenated alkanes) is 1. The molecule has 15 heavy (non-hydrogen) atoms. The van der Waals surface area contributed by atoms with Crippen molar-refractivity contribution in [3.05, 3.63) is 12.7 Å². The lowest BCUT2D eigenvalue weighted by atomic mass is 9.97. The first-order chi connectivity index (χ1) is 7.33. The molecule has 0 aromatic carbocycles. The van der Waals surface area contributed by atoms with Crippen LogP contribution in [0, 0.1) is 29.6 Å². The highest BCUT2D eigenvalue weighted by Gasteiger charge is 2.66. The predicted octanol–water partition coefficient (Wildman–Crippen LogP) is 3.20. The van der Waals surface area contributed by atoms with E-state index >= 15 is 0 Å². The van der Waals surface area contributed by atoms with E-state index < -0.39 is 0 Å². The number of hydrogen-bond donors (Lipinski definition) is 0. The molecule has 3 fully saturated rings. The predicted molar refractivity (Wildman–Crippen MR) is 60.4 cm³/mol. The van der Waals surface area contributed by atoms with Gasteiger partial charge in [-0.15, -0.1) is 6.58 Å². The normalized spacial score (nSPS) is 45.2. The van der Waals surface area contributed by atoms with E-state index in [1.165, 1.54) is 19.3 Å². The Bertz CT molecular complexity index is 278. The van der Waals surface area contributed by atoms with Gasteiger partial charge in [-0.3, -0.25) is 4.79 Å². The molecule has 0 aromatic rings. The first kappa shape index (κ1) is 9.62. The second-order valence-corrected chi connectivity index (χ2v) is 5.66. The summed E-state index contributed by atoms with van der Waals surface area (Å²) in [5.41, 5.74) is 0. The van der Waals surface area contributed by atoms with E-state index in [9.17, 15) is 4.79 Å². The van der Waals surface area contributed by atoms with Crippen LogP contribution in [0.2, 0.25) is 0 Å². The lowest BCUT2D eigenvalue weighted by molar-refractivity contribution is -0.121. The molecule has 3 rings (SSSR count). The molecule has 1 nitrogen and oxygen atoms in total. The van der Waals surface area contributed by atoms with Gasteiger partial charge in [0, 0.05) is 12.3 Å². The fraction of sp³-hybridized carbons (Fsp3) is 0.786. The average Bonchev–Trinajstić information content (AvgIpc) is 2.68. The molecule has 0 radical (unpaired) electrons. The van der Waals surface area contributed by atoms with E-state index in [4.69, 9.17) is 0 Å². The smallest absolute Gasteiger partial charge is 0.136 e. The van der Waals surface area contributed by atoms with Gasteiger partial charge < -0.3 is 0 Å². The van der Waals surface area contributed by atoms with Crippen LogP contribution in [0.5, 0.6) is 0 Å². The number of rotatable bonds is 5. The molecule has 0 saturated heterocycles. The summed E-state index contributed by atoms with van der Waals surface area (Å²) in [5.74, 6) is 4.62. The molecule has 0 N–H and O–H groups in total. The van der Waals surface area contributed by atoms with Gasteiger partial charge in [0.1, 0.15) is 5.78 Å². The van der Waals surface area contributed by atoms with Crippen LogP contribution >= 0.6 is 0 Å². The Hall–Kier alpha value is -0.590. The number of fused-ring (bicyclic) bond motifs is 5. The van der Waals surface area contributed by atoms with Gasteiger partial charge in [-0.2, -0.15) is 0 Å². The zero-order valence-corrected chi connectivity index (χ0v) is 9.32. The Morgan fingerprint density at radius 1 is 1.27 bits per heavy atom. The monoisotopic (exact) mass is 204 g/mol. The highest BCUT2D eigenvalue weighted by Crippen LogP contribution is 2.69. The quantitative estimate of drug-likeness (QED) is 0.496. The summed E-state index contributed by atoms with van der Waals surface area (Å²) in [6.45, 7) is 3.70. The van der Waals surface area contributed by atoms with Crippen LogP contribution in [0.3, 0.4) is 0 Å². The molecule has 0 amide bonds. The van der Waals surface area contributed by atoms with Crippen molar-refractivity contribution in [1.29, 1.82) is 0 Å². The summed E-state index contributed by atoms with van der Waals surface area (Å²) < 4.78 is 0. The van der Waals surface area contributed by atoms with Gasteiger partial charge in [0.15, 0.2) is 0 Å². The summed E-state index contributed by atoms with van der Waals surface area (Å²) in [5, 5.41) is 0. The van der Waals surface area contributed by atoms with Gasteiger partial charge in [0.05, 0.1) is 0 Å².